The van der Waals surface area contributed by atoms with Gasteiger partial charge in [-0.2, -0.15) is 0 Å². The lowest BCUT2D eigenvalue weighted by atomic mass is 10.2. The summed E-state index contributed by atoms with van der Waals surface area (Å²) in [5.74, 6) is 0.0449. The summed E-state index contributed by atoms with van der Waals surface area (Å²) in [5, 5.41) is 14.8. The Bertz CT molecular complexity index is 140. The molecule has 4 nitrogen and oxygen atoms in total. The van der Waals surface area contributed by atoms with Gasteiger partial charge in [0.2, 0.25) is 5.91 Å². The van der Waals surface area contributed by atoms with Gasteiger partial charge in [-0.1, -0.05) is 6.92 Å². The van der Waals surface area contributed by atoms with Crippen molar-refractivity contribution in [3.05, 3.63) is 0 Å². The maximum absolute atomic E-state index is 10.8. The van der Waals surface area contributed by atoms with E-state index >= 15 is 0 Å². The zero-order valence-electron chi connectivity index (χ0n) is 8.47. The smallest absolute Gasteiger partial charge is 0.221 e. The molecule has 0 heterocycles. The second-order valence-corrected chi connectivity index (χ2v) is 3.02. The van der Waals surface area contributed by atoms with Crippen molar-refractivity contribution >= 4 is 5.91 Å². The molecule has 0 aliphatic heterocycles. The van der Waals surface area contributed by atoms with Crippen LogP contribution in [0.25, 0.3) is 0 Å². The van der Waals surface area contributed by atoms with Crippen molar-refractivity contribution in [1.82, 2.24) is 10.6 Å². The maximum atomic E-state index is 10.8. The van der Waals surface area contributed by atoms with Gasteiger partial charge in [-0.15, -0.1) is 0 Å². The third-order valence-corrected chi connectivity index (χ3v) is 1.93. The lowest BCUT2D eigenvalue weighted by Crippen LogP contribution is -2.26. The molecule has 4 heteroatoms. The zero-order chi connectivity index (χ0) is 10.1. The molecule has 0 fully saturated rings. The normalized spacial score (nSPS) is 12.5. The summed E-state index contributed by atoms with van der Waals surface area (Å²) in [4.78, 5) is 10.8. The highest BCUT2D eigenvalue weighted by molar-refractivity contribution is 5.75. The van der Waals surface area contributed by atoms with E-state index in [2.05, 4.69) is 10.6 Å². The van der Waals surface area contributed by atoms with Crippen LogP contribution in [0, 0.1) is 0 Å². The molecule has 0 spiro atoms. The van der Waals surface area contributed by atoms with E-state index in [9.17, 15) is 9.90 Å². The van der Waals surface area contributed by atoms with Gasteiger partial charge in [-0.25, -0.2) is 0 Å². The summed E-state index contributed by atoms with van der Waals surface area (Å²) in [6.07, 6.45) is 1.83. The number of rotatable bonds is 7. The summed E-state index contributed by atoms with van der Waals surface area (Å²) < 4.78 is 0. The average molecular weight is 188 g/mol. The molecule has 0 aliphatic rings. The Hall–Kier alpha value is -0.610. The van der Waals surface area contributed by atoms with Crippen molar-refractivity contribution < 1.29 is 9.90 Å². The van der Waals surface area contributed by atoms with Crippen LogP contribution in [-0.4, -0.2) is 37.3 Å². The number of hydrogen-bond acceptors (Lipinski definition) is 3. The minimum absolute atomic E-state index is 0.0449. The number of carbonyl (C=O) groups excluding carboxylic acids is 1. The molecule has 0 bridgehead atoms. The van der Waals surface area contributed by atoms with E-state index in [1.807, 2.05) is 6.92 Å². The highest BCUT2D eigenvalue weighted by Gasteiger charge is 2.00. The number of aliphatic hydroxyl groups is 1. The van der Waals surface area contributed by atoms with Crippen molar-refractivity contribution in [3.63, 3.8) is 0 Å². The molecule has 0 aromatic heterocycles. The Morgan fingerprint density at radius 1 is 1.46 bits per heavy atom. The number of aliphatic hydroxyl groups excluding tert-OH is 1. The van der Waals surface area contributed by atoms with Gasteiger partial charge in [-0.05, 0) is 19.4 Å². The number of nitrogens with one attached hydrogen (secondary N) is 2. The maximum Gasteiger partial charge on any atom is 0.221 e. The predicted molar refractivity (Wildman–Crippen MR) is 52.5 cm³/mol. The van der Waals surface area contributed by atoms with E-state index in [1.54, 1.807) is 7.05 Å². The second-order valence-electron chi connectivity index (χ2n) is 3.02. The first-order valence-electron chi connectivity index (χ1n) is 4.80. The van der Waals surface area contributed by atoms with Gasteiger partial charge in [0.15, 0.2) is 0 Å². The first-order valence-corrected chi connectivity index (χ1v) is 4.80. The molecule has 1 unspecified atom stereocenters. The first kappa shape index (κ1) is 12.4. The van der Waals surface area contributed by atoms with Crippen LogP contribution < -0.4 is 10.6 Å². The van der Waals surface area contributed by atoms with E-state index in [-0.39, 0.29) is 12.0 Å². The third-order valence-electron chi connectivity index (χ3n) is 1.93. The Labute approximate surface area is 79.7 Å². The topological polar surface area (TPSA) is 61.4 Å². The molecular weight excluding hydrogens is 168 g/mol. The first-order chi connectivity index (χ1) is 6.20. The minimum Gasteiger partial charge on any atom is -0.393 e. The number of hydrogen-bond donors (Lipinski definition) is 3. The monoisotopic (exact) mass is 188 g/mol. The van der Waals surface area contributed by atoms with Crippen LogP contribution in [0.4, 0.5) is 0 Å². The standard InChI is InChI=1S/C9H20N2O2/c1-3-8(12)4-6-11-7-5-9(13)10-2/h8,11-12H,3-7H2,1-2H3,(H,10,13). The lowest BCUT2D eigenvalue weighted by molar-refractivity contribution is -0.120. The largest absolute Gasteiger partial charge is 0.393 e. The van der Waals surface area contributed by atoms with E-state index in [0.717, 1.165) is 19.4 Å². The van der Waals surface area contributed by atoms with E-state index in [1.165, 1.54) is 0 Å². The SMILES string of the molecule is CCC(O)CCNCCC(=O)NC. The van der Waals surface area contributed by atoms with Crippen LogP contribution in [0.1, 0.15) is 26.2 Å². The summed E-state index contributed by atoms with van der Waals surface area (Å²) in [7, 11) is 1.63. The van der Waals surface area contributed by atoms with Crippen molar-refractivity contribution in [2.45, 2.75) is 32.3 Å². The fourth-order valence-corrected chi connectivity index (χ4v) is 0.925. The molecule has 1 amide bonds. The molecule has 0 radical (unpaired) electrons. The van der Waals surface area contributed by atoms with E-state index < -0.39 is 0 Å². The molecule has 13 heavy (non-hydrogen) atoms. The van der Waals surface area contributed by atoms with Crippen molar-refractivity contribution in [1.29, 1.82) is 0 Å². The van der Waals surface area contributed by atoms with Crippen LogP contribution in [0.5, 0.6) is 0 Å². The molecule has 78 valence electrons. The Morgan fingerprint density at radius 2 is 2.15 bits per heavy atom. The van der Waals surface area contributed by atoms with Gasteiger partial charge >= 0.3 is 0 Å². The van der Waals surface area contributed by atoms with Crippen molar-refractivity contribution in [2.24, 2.45) is 0 Å². The molecule has 1 atom stereocenters. The zero-order valence-corrected chi connectivity index (χ0v) is 8.47. The summed E-state index contributed by atoms with van der Waals surface area (Å²) in [6.45, 7) is 3.40. The van der Waals surface area contributed by atoms with Gasteiger partial charge in [0.1, 0.15) is 0 Å². The van der Waals surface area contributed by atoms with Gasteiger partial charge in [-0.3, -0.25) is 4.79 Å². The average Bonchev–Trinajstić information content (AvgIpc) is 2.16. The third kappa shape index (κ3) is 7.74. The van der Waals surface area contributed by atoms with Crippen molar-refractivity contribution in [3.8, 4) is 0 Å². The molecule has 0 saturated carbocycles. The Balaban J connectivity index is 3.12. The second kappa shape index (κ2) is 8.01. The molecule has 0 rings (SSSR count). The Morgan fingerprint density at radius 3 is 2.69 bits per heavy atom. The minimum atomic E-state index is -0.215. The highest BCUT2D eigenvalue weighted by Crippen LogP contribution is 1.93. The summed E-state index contributed by atoms with van der Waals surface area (Å²) in [5.41, 5.74) is 0. The Kier molecular flexibility index (Phi) is 7.63. The predicted octanol–water partition coefficient (Wildman–Crippen LogP) is -0.127. The van der Waals surface area contributed by atoms with Crippen LogP contribution in [0.2, 0.25) is 0 Å². The number of amides is 1. The van der Waals surface area contributed by atoms with E-state index in [4.69, 9.17) is 0 Å². The molecule has 3 N–H and O–H groups in total. The van der Waals surface area contributed by atoms with Gasteiger partial charge in [0.05, 0.1) is 6.10 Å². The van der Waals surface area contributed by atoms with Crippen LogP contribution in [0.3, 0.4) is 0 Å². The van der Waals surface area contributed by atoms with Crippen LogP contribution in [-0.2, 0) is 4.79 Å². The lowest BCUT2D eigenvalue weighted by Gasteiger charge is -2.07. The fourth-order valence-electron chi connectivity index (χ4n) is 0.925. The van der Waals surface area contributed by atoms with Crippen molar-refractivity contribution in [2.75, 3.05) is 20.1 Å². The molecule has 0 aromatic carbocycles. The van der Waals surface area contributed by atoms with E-state index in [0.29, 0.717) is 13.0 Å². The summed E-state index contributed by atoms with van der Waals surface area (Å²) >= 11 is 0. The molecule has 0 aliphatic carbocycles. The quantitative estimate of drug-likeness (QED) is 0.488. The highest BCUT2D eigenvalue weighted by atomic mass is 16.3. The molecule has 0 aromatic rings. The van der Waals surface area contributed by atoms with Gasteiger partial charge in [0.25, 0.3) is 0 Å². The van der Waals surface area contributed by atoms with Gasteiger partial charge < -0.3 is 15.7 Å². The molecular formula is C9H20N2O2. The fraction of sp³-hybridized carbons (Fsp3) is 0.889. The van der Waals surface area contributed by atoms with Gasteiger partial charge in [0, 0.05) is 20.0 Å². The molecule has 0 saturated heterocycles. The number of carbonyl (C=O) groups is 1. The van der Waals surface area contributed by atoms with Crippen LogP contribution in [0.15, 0.2) is 0 Å². The summed E-state index contributed by atoms with van der Waals surface area (Å²) in [6, 6.07) is 0. The van der Waals surface area contributed by atoms with Crippen LogP contribution >= 0.6 is 0 Å².